The van der Waals surface area contributed by atoms with Gasteiger partial charge in [0.05, 0.1) is 18.8 Å². The van der Waals surface area contributed by atoms with Crippen molar-refractivity contribution in [3.8, 4) is 0 Å². The minimum Gasteiger partial charge on any atom is -0.394 e. The summed E-state index contributed by atoms with van der Waals surface area (Å²) in [5.74, 6) is -0.576. The van der Waals surface area contributed by atoms with Crippen LogP contribution in [0.3, 0.4) is 0 Å². The average Bonchev–Trinajstić information content (AvgIpc) is 3.39. The number of hydrogen-bond acceptors (Lipinski definition) is 5. The van der Waals surface area contributed by atoms with Gasteiger partial charge in [-0.05, 0) is 38.5 Å². The zero-order chi connectivity index (χ0) is 52.3. The fourth-order valence-corrected chi connectivity index (χ4v) is 10.8. The van der Waals surface area contributed by atoms with E-state index in [4.69, 9.17) is 0 Å². The van der Waals surface area contributed by atoms with Gasteiger partial charge >= 0.3 is 0 Å². The minimum absolute atomic E-state index is 0.374. The molecule has 6 heteroatoms. The Hall–Kier alpha value is -0.950. The number of carbonyl (C=O) groups excluding carboxylic acids is 1. The number of unbranched alkanes of at least 4 members (excludes halogenated alkanes) is 51. The molecule has 0 spiro atoms. The van der Waals surface area contributed by atoms with Gasteiger partial charge in [-0.1, -0.05) is 347 Å². The van der Waals surface area contributed by atoms with Gasteiger partial charge in [0, 0.05) is 0 Å². The zero-order valence-electron chi connectivity index (χ0n) is 49.0. The largest absolute Gasteiger partial charge is 0.394 e. The second kappa shape index (κ2) is 60.9. The van der Waals surface area contributed by atoms with Crippen LogP contribution in [0.15, 0.2) is 12.2 Å². The Bertz CT molecular complexity index is 1050. The van der Waals surface area contributed by atoms with Crippen LogP contribution in [0.5, 0.6) is 0 Å². The maximum absolute atomic E-state index is 12.6. The van der Waals surface area contributed by atoms with Gasteiger partial charge in [0.25, 0.3) is 0 Å². The molecule has 0 aromatic heterocycles. The number of amides is 1. The van der Waals surface area contributed by atoms with Crippen molar-refractivity contribution in [1.29, 1.82) is 0 Å². The zero-order valence-corrected chi connectivity index (χ0v) is 49.0. The number of nitrogens with one attached hydrogen (secondary N) is 1. The van der Waals surface area contributed by atoms with E-state index in [2.05, 4.69) is 31.3 Å². The van der Waals surface area contributed by atoms with Gasteiger partial charge in [-0.15, -0.1) is 0 Å². The maximum Gasteiger partial charge on any atom is 0.249 e. The van der Waals surface area contributed by atoms with Crippen molar-refractivity contribution in [2.75, 3.05) is 6.61 Å². The molecule has 0 rings (SSSR count). The quantitative estimate of drug-likeness (QED) is 0.0308. The maximum atomic E-state index is 12.6. The second-order valence-corrected chi connectivity index (χ2v) is 23.2. The number of allylic oxidation sites excluding steroid dienone is 2. The van der Waals surface area contributed by atoms with Crippen LogP contribution in [0.4, 0.5) is 0 Å². The lowest BCUT2D eigenvalue weighted by Crippen LogP contribution is -2.53. The van der Waals surface area contributed by atoms with Crippen molar-refractivity contribution in [2.24, 2.45) is 0 Å². The first-order valence-corrected chi connectivity index (χ1v) is 33.1. The van der Waals surface area contributed by atoms with Gasteiger partial charge in [0.1, 0.15) is 12.2 Å². The number of carbonyl (C=O) groups is 1. The second-order valence-electron chi connectivity index (χ2n) is 23.2. The van der Waals surface area contributed by atoms with Crippen LogP contribution in [0.2, 0.25) is 0 Å². The van der Waals surface area contributed by atoms with Crippen molar-refractivity contribution in [3.63, 3.8) is 0 Å². The first-order valence-electron chi connectivity index (χ1n) is 33.1. The summed E-state index contributed by atoms with van der Waals surface area (Å²) in [5, 5.41) is 44.1. The molecule has 0 radical (unpaired) electrons. The highest BCUT2D eigenvalue weighted by Gasteiger charge is 2.28. The Morgan fingerprint density at radius 1 is 0.333 bits per heavy atom. The topological polar surface area (TPSA) is 110 Å². The summed E-state index contributed by atoms with van der Waals surface area (Å²) in [5.41, 5.74) is 0. The van der Waals surface area contributed by atoms with Crippen LogP contribution >= 0.6 is 0 Å². The number of aliphatic hydroxyl groups excluding tert-OH is 4. The summed E-state index contributed by atoms with van der Waals surface area (Å²) >= 11 is 0. The Kier molecular flexibility index (Phi) is 60.1. The molecule has 0 bridgehead atoms. The molecule has 0 heterocycles. The van der Waals surface area contributed by atoms with E-state index >= 15 is 0 Å². The monoisotopic (exact) mass is 1020 g/mol. The number of hydrogen-bond donors (Lipinski definition) is 5. The molecule has 0 aromatic rings. The van der Waals surface area contributed by atoms with Crippen LogP contribution in [0.25, 0.3) is 0 Å². The third kappa shape index (κ3) is 53.9. The highest BCUT2D eigenvalue weighted by Crippen LogP contribution is 2.19. The molecule has 5 N–H and O–H groups in total. The summed E-state index contributed by atoms with van der Waals surface area (Å²) in [6.45, 7) is 4.11. The summed E-state index contributed by atoms with van der Waals surface area (Å²) < 4.78 is 0. The van der Waals surface area contributed by atoms with Gasteiger partial charge in [-0.3, -0.25) is 4.79 Å². The molecule has 6 nitrogen and oxygen atoms in total. The van der Waals surface area contributed by atoms with E-state index in [1.165, 1.54) is 308 Å². The molecule has 0 aromatic carbocycles. The Morgan fingerprint density at radius 3 is 0.806 bits per heavy atom. The van der Waals surface area contributed by atoms with Crippen LogP contribution in [0, 0.1) is 0 Å². The van der Waals surface area contributed by atoms with Crippen molar-refractivity contribution in [3.05, 3.63) is 12.2 Å². The Balaban J connectivity index is 3.51. The third-order valence-corrected chi connectivity index (χ3v) is 16.0. The van der Waals surface area contributed by atoms with Crippen LogP contribution in [-0.4, -0.2) is 57.3 Å². The van der Waals surface area contributed by atoms with E-state index in [0.29, 0.717) is 12.8 Å². The lowest BCUT2D eigenvalue weighted by molar-refractivity contribution is -0.132. The molecule has 4 atom stereocenters. The number of rotatable bonds is 62. The molecule has 1 amide bonds. The summed E-state index contributed by atoms with van der Waals surface area (Å²) in [6, 6.07) is -0.983. The first kappa shape index (κ1) is 71.0. The molecular formula is C66H131NO5. The summed E-state index contributed by atoms with van der Waals surface area (Å²) in [7, 11) is 0. The predicted molar refractivity (Wildman–Crippen MR) is 316 cm³/mol. The lowest BCUT2D eigenvalue weighted by atomic mass is 9.99. The van der Waals surface area contributed by atoms with Gasteiger partial charge in [0.15, 0.2) is 0 Å². The average molecular weight is 1020 g/mol. The van der Waals surface area contributed by atoms with Gasteiger partial charge in [0.2, 0.25) is 5.91 Å². The molecule has 0 saturated heterocycles. The summed E-state index contributed by atoms with van der Waals surface area (Å²) in [4.78, 5) is 12.6. The molecule has 430 valence electrons. The molecule has 0 fully saturated rings. The van der Waals surface area contributed by atoms with Crippen molar-refractivity contribution in [2.45, 2.75) is 398 Å². The SMILES string of the molecule is CCCCCCCCCCCCCCCCCC/C=C\CCCCCCCCCCCCCCCCCCC(O)C(=O)NC(CO)C(O)C(O)CCCCCCCCCCCCCCCCCCCCCC. The molecule has 0 aliphatic rings. The van der Waals surface area contributed by atoms with Crippen molar-refractivity contribution >= 4 is 5.91 Å². The van der Waals surface area contributed by atoms with Crippen LogP contribution in [0.1, 0.15) is 373 Å². The molecule has 0 saturated carbocycles. The fraction of sp³-hybridized carbons (Fsp3) is 0.955. The molecule has 4 unspecified atom stereocenters. The van der Waals surface area contributed by atoms with Crippen LogP contribution < -0.4 is 5.32 Å². The van der Waals surface area contributed by atoms with Crippen molar-refractivity contribution < 1.29 is 25.2 Å². The van der Waals surface area contributed by atoms with E-state index in [-0.39, 0.29) is 0 Å². The van der Waals surface area contributed by atoms with Crippen molar-refractivity contribution in [1.82, 2.24) is 5.32 Å². The molecule has 0 aliphatic heterocycles. The predicted octanol–water partition coefficient (Wildman–Crippen LogP) is 20.0. The van der Waals surface area contributed by atoms with E-state index in [0.717, 1.165) is 38.5 Å². The van der Waals surface area contributed by atoms with E-state index < -0.39 is 36.9 Å². The fourth-order valence-electron chi connectivity index (χ4n) is 10.8. The van der Waals surface area contributed by atoms with Crippen LogP contribution in [-0.2, 0) is 4.79 Å². The Morgan fingerprint density at radius 2 is 0.556 bits per heavy atom. The van der Waals surface area contributed by atoms with Gasteiger partial charge < -0.3 is 25.7 Å². The normalized spacial score (nSPS) is 13.6. The molecular weight excluding hydrogens is 887 g/mol. The summed E-state index contributed by atoms with van der Waals surface area (Å²) in [6.07, 6.45) is 74.7. The molecule has 0 aliphatic carbocycles. The van der Waals surface area contributed by atoms with E-state index in [1.807, 2.05) is 0 Å². The van der Waals surface area contributed by atoms with Gasteiger partial charge in [-0.25, -0.2) is 0 Å². The van der Waals surface area contributed by atoms with E-state index in [1.54, 1.807) is 0 Å². The van der Waals surface area contributed by atoms with E-state index in [9.17, 15) is 25.2 Å². The lowest BCUT2D eigenvalue weighted by Gasteiger charge is -2.27. The minimum atomic E-state index is -1.26. The highest BCUT2D eigenvalue weighted by molar-refractivity contribution is 5.80. The Labute approximate surface area is 451 Å². The first-order chi connectivity index (χ1) is 35.5. The standard InChI is InChI=1S/C66H131NO5/c1-3-5-7-9-11-13-15-17-19-21-23-25-26-27-28-29-30-31-32-33-34-35-36-37-38-39-40-42-44-46-48-50-52-54-56-58-60-64(70)66(72)67-62(61-68)65(71)63(69)59-57-55-53-51-49-47-45-43-41-24-22-20-18-16-14-12-10-8-6-4-2/h31-32,62-65,68-71H,3-30,33-61H2,1-2H3,(H,67,72)/b32-31-. The third-order valence-electron chi connectivity index (χ3n) is 16.0. The highest BCUT2D eigenvalue weighted by atomic mass is 16.3. The smallest absolute Gasteiger partial charge is 0.249 e. The molecule has 72 heavy (non-hydrogen) atoms. The number of aliphatic hydroxyl groups is 4. The van der Waals surface area contributed by atoms with Gasteiger partial charge in [-0.2, -0.15) is 0 Å².